The average molecular weight is 385 g/mol. The molecule has 152 valence electrons. The predicted molar refractivity (Wildman–Crippen MR) is 108 cm³/mol. The number of benzene rings is 1. The van der Waals surface area contributed by atoms with Crippen LogP contribution >= 0.6 is 0 Å². The van der Waals surface area contributed by atoms with Crippen molar-refractivity contribution in [2.24, 2.45) is 5.92 Å². The third-order valence-electron chi connectivity index (χ3n) is 7.15. The number of piperidine rings is 1. The first-order chi connectivity index (χ1) is 13.6. The van der Waals surface area contributed by atoms with Crippen molar-refractivity contribution in [3.05, 3.63) is 35.4 Å². The molecule has 0 bridgehead atoms. The summed E-state index contributed by atoms with van der Waals surface area (Å²) < 4.78 is 5.32. The Morgan fingerprint density at radius 3 is 2.54 bits per heavy atom. The summed E-state index contributed by atoms with van der Waals surface area (Å²) in [7, 11) is 1.67. The fourth-order valence-electron chi connectivity index (χ4n) is 5.56. The molecule has 5 nitrogen and oxygen atoms in total. The van der Waals surface area contributed by atoms with Crippen LogP contribution < -0.4 is 0 Å². The molecule has 1 unspecified atom stereocenters. The zero-order valence-electron chi connectivity index (χ0n) is 17.2. The van der Waals surface area contributed by atoms with Crippen LogP contribution in [0.1, 0.15) is 67.3 Å². The number of hydrogen-bond donors (Lipinski definition) is 0. The lowest BCUT2D eigenvalue weighted by Gasteiger charge is -2.51. The van der Waals surface area contributed by atoms with Crippen LogP contribution in [0.25, 0.3) is 0 Å². The Hall–Kier alpha value is -1.88. The molecule has 1 saturated carbocycles. The van der Waals surface area contributed by atoms with E-state index in [1.807, 2.05) is 29.2 Å². The largest absolute Gasteiger partial charge is 0.383 e. The highest BCUT2D eigenvalue weighted by Gasteiger charge is 2.56. The zero-order chi connectivity index (χ0) is 19.7. The number of carbonyl (C=O) groups excluding carboxylic acids is 2. The molecule has 1 aromatic carbocycles. The van der Waals surface area contributed by atoms with E-state index in [9.17, 15) is 9.59 Å². The smallest absolute Gasteiger partial charge is 0.254 e. The number of nitrogens with zero attached hydrogens (tertiary/aromatic N) is 2. The molecule has 28 heavy (non-hydrogen) atoms. The van der Waals surface area contributed by atoms with Crippen molar-refractivity contribution in [2.75, 3.05) is 33.4 Å². The average Bonchev–Trinajstić information content (AvgIpc) is 3.18. The highest BCUT2D eigenvalue weighted by molar-refractivity contribution is 6.02. The van der Waals surface area contributed by atoms with Crippen molar-refractivity contribution >= 4 is 11.8 Å². The van der Waals surface area contributed by atoms with E-state index in [0.29, 0.717) is 24.6 Å². The lowest BCUT2D eigenvalue weighted by atomic mass is 9.70. The third-order valence-corrected chi connectivity index (χ3v) is 7.15. The van der Waals surface area contributed by atoms with Gasteiger partial charge in [0.15, 0.2) is 0 Å². The van der Waals surface area contributed by atoms with Crippen molar-refractivity contribution in [2.45, 2.75) is 56.9 Å². The molecule has 5 heteroatoms. The van der Waals surface area contributed by atoms with Crippen LogP contribution in [0, 0.1) is 5.92 Å². The van der Waals surface area contributed by atoms with Gasteiger partial charge in [0.2, 0.25) is 5.91 Å². The van der Waals surface area contributed by atoms with Gasteiger partial charge in [-0.1, -0.05) is 38.0 Å². The normalized spacial score (nSPS) is 24.6. The number of hydrogen-bond acceptors (Lipinski definition) is 3. The fourth-order valence-corrected chi connectivity index (χ4v) is 5.56. The van der Waals surface area contributed by atoms with E-state index in [1.54, 1.807) is 7.11 Å². The molecule has 1 atom stereocenters. The van der Waals surface area contributed by atoms with Gasteiger partial charge in [-0.05, 0) is 43.2 Å². The molecule has 1 aromatic rings. The quantitative estimate of drug-likeness (QED) is 0.799. The van der Waals surface area contributed by atoms with Crippen LogP contribution in [0.15, 0.2) is 24.3 Å². The monoisotopic (exact) mass is 384 g/mol. The van der Waals surface area contributed by atoms with Gasteiger partial charge in [0.1, 0.15) is 0 Å². The first kappa shape index (κ1) is 19.4. The Bertz CT molecular complexity index is 733. The number of likely N-dealkylation sites (tertiary alicyclic amines) is 1. The van der Waals surface area contributed by atoms with Crippen molar-refractivity contribution in [1.82, 2.24) is 9.80 Å². The molecule has 2 aliphatic heterocycles. The lowest BCUT2D eigenvalue weighted by Crippen LogP contribution is -2.61. The number of amides is 2. The third kappa shape index (κ3) is 3.14. The molecular weight excluding hydrogens is 352 g/mol. The van der Waals surface area contributed by atoms with Crippen molar-refractivity contribution in [3.8, 4) is 0 Å². The maximum atomic E-state index is 13.9. The van der Waals surface area contributed by atoms with E-state index in [4.69, 9.17) is 4.74 Å². The van der Waals surface area contributed by atoms with Gasteiger partial charge >= 0.3 is 0 Å². The van der Waals surface area contributed by atoms with Gasteiger partial charge in [-0.3, -0.25) is 9.59 Å². The number of rotatable bonds is 4. The van der Waals surface area contributed by atoms with E-state index in [0.717, 1.165) is 57.2 Å². The number of fused-ring (bicyclic) bond motifs is 1. The number of methoxy groups -OCH3 is 1. The number of ether oxygens (including phenoxy) is 1. The second-order valence-electron chi connectivity index (χ2n) is 8.79. The molecule has 2 heterocycles. The molecular formula is C23H32N2O3. The summed E-state index contributed by atoms with van der Waals surface area (Å²) in [6.45, 7) is 4.98. The summed E-state index contributed by atoms with van der Waals surface area (Å²) in [6, 6.07) is 7.77. The number of carbonyl (C=O) groups is 2. The molecule has 0 aromatic heterocycles. The maximum absolute atomic E-state index is 13.9. The van der Waals surface area contributed by atoms with E-state index in [2.05, 4.69) is 11.8 Å². The molecule has 1 saturated heterocycles. The van der Waals surface area contributed by atoms with Crippen molar-refractivity contribution in [1.29, 1.82) is 0 Å². The molecule has 0 radical (unpaired) electrons. The van der Waals surface area contributed by atoms with E-state index in [-0.39, 0.29) is 17.7 Å². The second kappa shape index (κ2) is 7.86. The zero-order valence-corrected chi connectivity index (χ0v) is 17.2. The minimum Gasteiger partial charge on any atom is -0.383 e. The summed E-state index contributed by atoms with van der Waals surface area (Å²) in [5, 5.41) is 0. The topological polar surface area (TPSA) is 49.9 Å². The van der Waals surface area contributed by atoms with E-state index >= 15 is 0 Å². The van der Waals surface area contributed by atoms with Crippen LogP contribution in [-0.4, -0.2) is 60.5 Å². The molecule has 1 aliphatic carbocycles. The van der Waals surface area contributed by atoms with Crippen LogP contribution in [0.4, 0.5) is 0 Å². The molecule has 2 fully saturated rings. The Labute approximate surface area is 168 Å². The standard InChI is InChI=1S/C23H32N2O3/c1-17-9-13-24(14-10-17)22(27)20-18-7-3-4-8-19(18)21(26)25(15-16-28-2)23(20)11-5-6-12-23/h3-4,7-8,17,20H,5-6,9-16H2,1-2H3. The summed E-state index contributed by atoms with van der Waals surface area (Å²) in [5.41, 5.74) is 1.23. The van der Waals surface area contributed by atoms with Gasteiger partial charge in [0.05, 0.1) is 18.1 Å². The first-order valence-electron chi connectivity index (χ1n) is 10.8. The first-order valence-corrected chi connectivity index (χ1v) is 10.8. The van der Waals surface area contributed by atoms with Crippen LogP contribution in [0.2, 0.25) is 0 Å². The highest BCUT2D eigenvalue weighted by Crippen LogP contribution is 2.51. The Balaban J connectivity index is 1.77. The summed E-state index contributed by atoms with van der Waals surface area (Å²) in [5.74, 6) is 0.708. The van der Waals surface area contributed by atoms with Crippen LogP contribution in [-0.2, 0) is 9.53 Å². The molecule has 3 aliphatic rings. The molecule has 2 amide bonds. The SMILES string of the molecule is COCCN1C(=O)c2ccccc2C(C(=O)N2CCC(C)CC2)C12CCCC2. The molecule has 0 N–H and O–H groups in total. The van der Waals surface area contributed by atoms with Gasteiger partial charge in [-0.2, -0.15) is 0 Å². The molecule has 1 spiro atoms. The summed E-state index contributed by atoms with van der Waals surface area (Å²) >= 11 is 0. The minimum atomic E-state index is -0.399. The van der Waals surface area contributed by atoms with E-state index in [1.165, 1.54) is 0 Å². The summed E-state index contributed by atoms with van der Waals surface area (Å²) in [6.07, 6.45) is 6.08. The van der Waals surface area contributed by atoms with Crippen LogP contribution in [0.3, 0.4) is 0 Å². The fraction of sp³-hybridized carbons (Fsp3) is 0.652. The van der Waals surface area contributed by atoms with Gasteiger partial charge in [0, 0.05) is 32.3 Å². The van der Waals surface area contributed by atoms with Gasteiger partial charge < -0.3 is 14.5 Å². The molecule has 4 rings (SSSR count). The van der Waals surface area contributed by atoms with E-state index < -0.39 is 5.54 Å². The van der Waals surface area contributed by atoms with Gasteiger partial charge in [0.25, 0.3) is 5.91 Å². The Kier molecular flexibility index (Phi) is 5.46. The Morgan fingerprint density at radius 1 is 1.18 bits per heavy atom. The van der Waals surface area contributed by atoms with Crippen molar-refractivity contribution < 1.29 is 14.3 Å². The predicted octanol–water partition coefficient (Wildman–Crippen LogP) is 3.44. The second-order valence-corrected chi connectivity index (χ2v) is 8.79. The maximum Gasteiger partial charge on any atom is 0.254 e. The lowest BCUT2D eigenvalue weighted by molar-refractivity contribution is -0.138. The van der Waals surface area contributed by atoms with Gasteiger partial charge in [-0.25, -0.2) is 0 Å². The Morgan fingerprint density at radius 2 is 1.86 bits per heavy atom. The van der Waals surface area contributed by atoms with Gasteiger partial charge in [-0.15, -0.1) is 0 Å². The summed E-state index contributed by atoms with van der Waals surface area (Å²) in [4.78, 5) is 31.3. The highest BCUT2D eigenvalue weighted by atomic mass is 16.5. The minimum absolute atomic E-state index is 0.0610. The van der Waals surface area contributed by atoms with Crippen LogP contribution in [0.5, 0.6) is 0 Å². The van der Waals surface area contributed by atoms with Crippen molar-refractivity contribution in [3.63, 3.8) is 0 Å².